The Balaban J connectivity index is 2.34. The van der Waals surface area contributed by atoms with Crippen LogP contribution in [0.2, 0.25) is 0 Å². The Morgan fingerprint density at radius 2 is 1.94 bits per heavy atom. The molecule has 4 nitrogen and oxygen atoms in total. The largest absolute Gasteiger partial charge is 0.497 e. The first-order valence-corrected chi connectivity index (χ1v) is 5.29. The number of rotatable bonds is 3. The molecular formula is C13H14N2O2. The number of fused-ring (bicyclic) bond motifs is 1. The van der Waals surface area contributed by atoms with Crippen molar-refractivity contribution in [2.75, 3.05) is 7.11 Å². The summed E-state index contributed by atoms with van der Waals surface area (Å²) in [5.74, 6) is 5.68. The standard InChI is InChI=1S/C13H14N2O2/c1-17-12-5-4-10-6-9(7-13(16)15-14)2-3-11(10)8-12/h2-6,8H,7,14H2,1H3,(H,15,16). The molecule has 88 valence electrons. The Hall–Kier alpha value is -2.07. The number of benzene rings is 2. The second kappa shape index (κ2) is 4.84. The summed E-state index contributed by atoms with van der Waals surface area (Å²) < 4.78 is 5.15. The Morgan fingerprint density at radius 1 is 1.24 bits per heavy atom. The first-order chi connectivity index (χ1) is 8.22. The van der Waals surface area contributed by atoms with E-state index >= 15 is 0 Å². The zero-order valence-electron chi connectivity index (χ0n) is 9.57. The van der Waals surface area contributed by atoms with Gasteiger partial charge in [-0.2, -0.15) is 0 Å². The molecule has 0 fully saturated rings. The van der Waals surface area contributed by atoms with Crippen LogP contribution in [-0.4, -0.2) is 13.0 Å². The molecule has 4 heteroatoms. The van der Waals surface area contributed by atoms with Gasteiger partial charge in [-0.25, -0.2) is 5.84 Å². The van der Waals surface area contributed by atoms with Crippen LogP contribution in [-0.2, 0) is 11.2 Å². The van der Waals surface area contributed by atoms with E-state index in [1.807, 2.05) is 36.4 Å². The number of amides is 1. The molecule has 0 radical (unpaired) electrons. The van der Waals surface area contributed by atoms with Crippen molar-refractivity contribution in [1.29, 1.82) is 0 Å². The Kier molecular flexibility index (Phi) is 3.25. The average Bonchev–Trinajstić information content (AvgIpc) is 2.38. The minimum absolute atomic E-state index is 0.196. The highest BCUT2D eigenvalue weighted by Crippen LogP contribution is 2.21. The van der Waals surface area contributed by atoms with Crippen molar-refractivity contribution in [2.24, 2.45) is 5.84 Å². The number of hydrogen-bond acceptors (Lipinski definition) is 3. The second-order valence-electron chi connectivity index (χ2n) is 3.79. The normalized spacial score (nSPS) is 10.2. The van der Waals surface area contributed by atoms with Crippen LogP contribution in [0, 0.1) is 0 Å². The molecule has 0 spiro atoms. The molecule has 2 aromatic carbocycles. The van der Waals surface area contributed by atoms with Crippen molar-refractivity contribution in [3.63, 3.8) is 0 Å². The van der Waals surface area contributed by atoms with Crippen LogP contribution in [0.25, 0.3) is 10.8 Å². The molecule has 3 N–H and O–H groups in total. The summed E-state index contributed by atoms with van der Waals surface area (Å²) in [5, 5.41) is 2.16. The molecule has 0 atom stereocenters. The summed E-state index contributed by atoms with van der Waals surface area (Å²) in [4.78, 5) is 11.2. The lowest BCUT2D eigenvalue weighted by molar-refractivity contribution is -0.120. The Labute approximate surface area is 99.3 Å². The minimum Gasteiger partial charge on any atom is -0.497 e. The van der Waals surface area contributed by atoms with Gasteiger partial charge >= 0.3 is 0 Å². The van der Waals surface area contributed by atoms with Crippen molar-refractivity contribution in [2.45, 2.75) is 6.42 Å². The van der Waals surface area contributed by atoms with Crippen molar-refractivity contribution >= 4 is 16.7 Å². The number of methoxy groups -OCH3 is 1. The maximum absolute atomic E-state index is 11.2. The van der Waals surface area contributed by atoms with Crippen LogP contribution >= 0.6 is 0 Å². The van der Waals surface area contributed by atoms with E-state index in [0.29, 0.717) is 6.42 Å². The quantitative estimate of drug-likeness (QED) is 0.475. The summed E-state index contributed by atoms with van der Waals surface area (Å²) in [6.45, 7) is 0. The third-order valence-electron chi connectivity index (χ3n) is 2.64. The van der Waals surface area contributed by atoms with Gasteiger partial charge in [-0.1, -0.05) is 24.3 Å². The molecule has 2 rings (SSSR count). The van der Waals surface area contributed by atoms with E-state index in [1.165, 1.54) is 0 Å². The van der Waals surface area contributed by atoms with Crippen LogP contribution in [0.15, 0.2) is 36.4 Å². The molecule has 2 aromatic rings. The first-order valence-electron chi connectivity index (χ1n) is 5.29. The lowest BCUT2D eigenvalue weighted by atomic mass is 10.0. The summed E-state index contributed by atoms with van der Waals surface area (Å²) >= 11 is 0. The average molecular weight is 230 g/mol. The predicted octanol–water partition coefficient (Wildman–Crippen LogP) is 1.38. The minimum atomic E-state index is -0.196. The van der Waals surface area contributed by atoms with Gasteiger partial charge in [-0.15, -0.1) is 0 Å². The number of hydrogen-bond donors (Lipinski definition) is 2. The van der Waals surface area contributed by atoms with Gasteiger partial charge in [0.25, 0.3) is 0 Å². The van der Waals surface area contributed by atoms with Gasteiger partial charge in [-0.05, 0) is 28.5 Å². The SMILES string of the molecule is COc1ccc2cc(CC(=O)NN)ccc2c1. The molecule has 0 unspecified atom stereocenters. The zero-order valence-corrected chi connectivity index (χ0v) is 9.57. The third-order valence-corrected chi connectivity index (χ3v) is 2.64. The molecule has 0 aliphatic carbocycles. The molecule has 0 aliphatic heterocycles. The topological polar surface area (TPSA) is 64.3 Å². The van der Waals surface area contributed by atoms with E-state index in [4.69, 9.17) is 10.6 Å². The highest BCUT2D eigenvalue weighted by atomic mass is 16.5. The molecule has 1 amide bonds. The van der Waals surface area contributed by atoms with Crippen LogP contribution in [0.4, 0.5) is 0 Å². The zero-order chi connectivity index (χ0) is 12.3. The number of hydrazine groups is 1. The number of ether oxygens (including phenoxy) is 1. The number of nitrogens with two attached hydrogens (primary N) is 1. The number of nitrogens with one attached hydrogen (secondary N) is 1. The fraction of sp³-hybridized carbons (Fsp3) is 0.154. The molecule has 0 aromatic heterocycles. The smallest absolute Gasteiger partial charge is 0.238 e. The maximum Gasteiger partial charge on any atom is 0.238 e. The summed E-state index contributed by atoms with van der Waals surface area (Å²) in [6.07, 6.45) is 0.290. The highest BCUT2D eigenvalue weighted by molar-refractivity contribution is 5.86. The molecule has 17 heavy (non-hydrogen) atoms. The predicted molar refractivity (Wildman–Crippen MR) is 66.5 cm³/mol. The van der Waals surface area contributed by atoms with Crippen molar-refractivity contribution < 1.29 is 9.53 Å². The van der Waals surface area contributed by atoms with Gasteiger partial charge in [-0.3, -0.25) is 10.2 Å². The van der Waals surface area contributed by atoms with Crippen molar-refractivity contribution in [3.05, 3.63) is 42.0 Å². The van der Waals surface area contributed by atoms with Gasteiger partial charge in [0.05, 0.1) is 13.5 Å². The van der Waals surface area contributed by atoms with Crippen molar-refractivity contribution in [1.82, 2.24) is 5.43 Å². The van der Waals surface area contributed by atoms with E-state index in [-0.39, 0.29) is 5.91 Å². The van der Waals surface area contributed by atoms with Crippen molar-refractivity contribution in [3.8, 4) is 5.75 Å². The molecule has 0 saturated carbocycles. The van der Waals surface area contributed by atoms with Crippen LogP contribution in [0.5, 0.6) is 5.75 Å². The maximum atomic E-state index is 11.2. The third kappa shape index (κ3) is 2.54. The van der Waals surface area contributed by atoms with Gasteiger partial charge < -0.3 is 4.74 Å². The Morgan fingerprint density at radius 3 is 2.65 bits per heavy atom. The fourth-order valence-electron chi connectivity index (χ4n) is 1.75. The van der Waals surface area contributed by atoms with Crippen LogP contribution in [0.1, 0.15) is 5.56 Å². The van der Waals surface area contributed by atoms with E-state index < -0.39 is 0 Å². The van der Waals surface area contributed by atoms with Crippen LogP contribution < -0.4 is 16.0 Å². The molecule has 0 aliphatic rings. The molecule has 0 saturated heterocycles. The van der Waals surface area contributed by atoms with Gasteiger partial charge in [0, 0.05) is 0 Å². The lowest BCUT2D eigenvalue weighted by Gasteiger charge is -2.05. The monoisotopic (exact) mass is 230 g/mol. The molecular weight excluding hydrogens is 216 g/mol. The molecule has 0 bridgehead atoms. The van der Waals surface area contributed by atoms with Gasteiger partial charge in [0.1, 0.15) is 5.75 Å². The van der Waals surface area contributed by atoms with E-state index in [9.17, 15) is 4.79 Å². The van der Waals surface area contributed by atoms with E-state index in [1.54, 1.807) is 7.11 Å². The first kappa shape index (κ1) is 11.4. The van der Waals surface area contributed by atoms with Gasteiger partial charge in [0.15, 0.2) is 0 Å². The second-order valence-corrected chi connectivity index (χ2v) is 3.79. The lowest BCUT2D eigenvalue weighted by Crippen LogP contribution is -2.31. The number of carbonyl (C=O) groups is 1. The van der Waals surface area contributed by atoms with Crippen LogP contribution in [0.3, 0.4) is 0 Å². The summed E-state index contributed by atoms with van der Waals surface area (Å²) in [7, 11) is 1.64. The van der Waals surface area contributed by atoms with Gasteiger partial charge in [0.2, 0.25) is 5.91 Å². The van der Waals surface area contributed by atoms with E-state index in [2.05, 4.69) is 5.43 Å². The number of carbonyl (C=O) groups excluding carboxylic acids is 1. The summed E-state index contributed by atoms with van der Waals surface area (Å²) in [6, 6.07) is 11.7. The van der Waals surface area contributed by atoms with E-state index in [0.717, 1.165) is 22.1 Å². The summed E-state index contributed by atoms with van der Waals surface area (Å²) in [5.41, 5.74) is 3.06. The molecule has 0 heterocycles. The Bertz CT molecular complexity index is 552. The highest BCUT2D eigenvalue weighted by Gasteiger charge is 2.03. The fourth-order valence-corrected chi connectivity index (χ4v) is 1.75.